The second kappa shape index (κ2) is 5.16. The first-order chi connectivity index (χ1) is 9.30. The van der Waals surface area contributed by atoms with E-state index in [1.54, 1.807) is 11.9 Å². The molecule has 1 aromatic carbocycles. The molecule has 1 unspecified atom stereocenters. The molecule has 106 valence electrons. The number of carbonyl (C=O) groups excluding carboxylic acids is 1. The van der Waals surface area contributed by atoms with E-state index in [-0.39, 0.29) is 12.1 Å². The Labute approximate surface area is 120 Å². The molecule has 0 bridgehead atoms. The van der Waals surface area contributed by atoms with Crippen LogP contribution in [0.2, 0.25) is 0 Å². The van der Waals surface area contributed by atoms with Gasteiger partial charge in [0.25, 0.3) is 0 Å². The predicted molar refractivity (Wildman–Crippen MR) is 76.4 cm³/mol. The monoisotopic (exact) mass is 272 g/mol. The third-order valence-electron chi connectivity index (χ3n) is 3.48. The molecule has 0 aliphatic heterocycles. The maximum absolute atomic E-state index is 12.1. The molecule has 0 fully saturated rings. The molecule has 20 heavy (non-hydrogen) atoms. The number of amides is 1. The highest BCUT2D eigenvalue weighted by Crippen LogP contribution is 2.26. The van der Waals surface area contributed by atoms with E-state index in [4.69, 9.17) is 10.00 Å². The lowest BCUT2D eigenvalue weighted by Gasteiger charge is -2.28. The van der Waals surface area contributed by atoms with Gasteiger partial charge >= 0.3 is 6.09 Å². The largest absolute Gasteiger partial charge is 0.444 e. The van der Waals surface area contributed by atoms with Crippen molar-refractivity contribution in [2.45, 2.75) is 45.3 Å². The Bertz CT molecular complexity index is 567. The normalized spacial score (nSPS) is 17.2. The standard InChI is InChI=1S/C16H20N2O2/c1-16(2,3)20-15(19)18(4)14-8-12-6-5-11(10-17)7-13(12)9-14/h5-7,14H,8-9H2,1-4H3. The number of benzene rings is 1. The van der Waals surface area contributed by atoms with Crippen LogP contribution in [0.1, 0.15) is 37.5 Å². The number of nitriles is 1. The summed E-state index contributed by atoms with van der Waals surface area (Å²) >= 11 is 0. The first kappa shape index (κ1) is 14.4. The number of rotatable bonds is 1. The van der Waals surface area contributed by atoms with Crippen LogP contribution in [-0.2, 0) is 17.6 Å². The number of nitrogens with zero attached hydrogens (tertiary/aromatic N) is 2. The van der Waals surface area contributed by atoms with Gasteiger partial charge in [-0.15, -0.1) is 0 Å². The van der Waals surface area contributed by atoms with E-state index in [0.29, 0.717) is 5.56 Å². The molecule has 1 aliphatic carbocycles. The van der Waals surface area contributed by atoms with E-state index in [2.05, 4.69) is 6.07 Å². The van der Waals surface area contributed by atoms with Crippen molar-refractivity contribution >= 4 is 6.09 Å². The van der Waals surface area contributed by atoms with Gasteiger partial charge in [-0.25, -0.2) is 4.79 Å². The third-order valence-corrected chi connectivity index (χ3v) is 3.48. The van der Waals surface area contributed by atoms with Crippen molar-refractivity contribution in [2.24, 2.45) is 0 Å². The number of hydrogen-bond donors (Lipinski definition) is 0. The van der Waals surface area contributed by atoms with Gasteiger partial charge < -0.3 is 9.64 Å². The molecule has 0 spiro atoms. The van der Waals surface area contributed by atoms with Gasteiger partial charge in [-0.1, -0.05) is 6.07 Å². The maximum Gasteiger partial charge on any atom is 0.410 e. The summed E-state index contributed by atoms with van der Waals surface area (Å²) in [7, 11) is 1.77. The van der Waals surface area contributed by atoms with Crippen LogP contribution in [0, 0.1) is 11.3 Å². The van der Waals surface area contributed by atoms with E-state index in [1.807, 2.05) is 39.0 Å². The first-order valence-electron chi connectivity index (χ1n) is 6.78. The van der Waals surface area contributed by atoms with Gasteiger partial charge in [0, 0.05) is 13.1 Å². The maximum atomic E-state index is 12.1. The van der Waals surface area contributed by atoms with Crippen molar-refractivity contribution in [3.05, 3.63) is 34.9 Å². The van der Waals surface area contributed by atoms with Gasteiger partial charge in [0.05, 0.1) is 11.6 Å². The highest BCUT2D eigenvalue weighted by Gasteiger charge is 2.30. The van der Waals surface area contributed by atoms with Crippen LogP contribution in [-0.4, -0.2) is 29.7 Å². The Balaban J connectivity index is 2.07. The van der Waals surface area contributed by atoms with Crippen LogP contribution in [0.4, 0.5) is 4.79 Å². The van der Waals surface area contributed by atoms with Crippen molar-refractivity contribution in [2.75, 3.05) is 7.05 Å². The van der Waals surface area contributed by atoms with Gasteiger partial charge in [0.2, 0.25) is 0 Å². The van der Waals surface area contributed by atoms with Crippen molar-refractivity contribution in [3.8, 4) is 6.07 Å². The summed E-state index contributed by atoms with van der Waals surface area (Å²) in [6.07, 6.45) is 1.30. The van der Waals surface area contributed by atoms with Crippen LogP contribution in [0.25, 0.3) is 0 Å². The summed E-state index contributed by atoms with van der Waals surface area (Å²) in [6, 6.07) is 7.98. The summed E-state index contributed by atoms with van der Waals surface area (Å²) < 4.78 is 5.39. The summed E-state index contributed by atoms with van der Waals surface area (Å²) in [4.78, 5) is 13.7. The molecule has 0 radical (unpaired) electrons. The van der Waals surface area contributed by atoms with Gasteiger partial charge in [0.15, 0.2) is 0 Å². The highest BCUT2D eigenvalue weighted by molar-refractivity contribution is 5.68. The Morgan fingerprint density at radius 2 is 2.00 bits per heavy atom. The Morgan fingerprint density at radius 1 is 1.35 bits per heavy atom. The minimum atomic E-state index is -0.481. The third kappa shape index (κ3) is 3.11. The SMILES string of the molecule is CN(C(=O)OC(C)(C)C)C1Cc2ccc(C#N)cc2C1. The van der Waals surface area contributed by atoms with E-state index in [9.17, 15) is 4.79 Å². The molecule has 1 amide bonds. The number of fused-ring (bicyclic) bond motifs is 1. The number of likely N-dealkylation sites (N-methyl/N-ethyl adjacent to an activating group) is 1. The average Bonchev–Trinajstić information content (AvgIpc) is 2.78. The molecule has 0 heterocycles. The molecular weight excluding hydrogens is 252 g/mol. The quantitative estimate of drug-likeness (QED) is 0.790. The zero-order valence-electron chi connectivity index (χ0n) is 12.4. The lowest BCUT2D eigenvalue weighted by Crippen LogP contribution is -2.41. The Kier molecular flexibility index (Phi) is 3.71. The molecule has 1 aromatic rings. The highest BCUT2D eigenvalue weighted by atomic mass is 16.6. The van der Waals surface area contributed by atoms with Crippen LogP contribution in [0.3, 0.4) is 0 Å². The molecule has 2 rings (SSSR count). The average molecular weight is 272 g/mol. The molecule has 0 saturated carbocycles. The first-order valence-corrected chi connectivity index (χ1v) is 6.78. The molecular formula is C16H20N2O2. The summed E-state index contributed by atoms with van der Waals surface area (Å²) in [5.74, 6) is 0. The van der Waals surface area contributed by atoms with Gasteiger partial charge in [-0.2, -0.15) is 5.26 Å². The Hall–Kier alpha value is -2.02. The fraction of sp³-hybridized carbons (Fsp3) is 0.500. The minimum Gasteiger partial charge on any atom is -0.444 e. The van der Waals surface area contributed by atoms with Crippen LogP contribution >= 0.6 is 0 Å². The lowest BCUT2D eigenvalue weighted by atomic mass is 10.1. The van der Waals surface area contributed by atoms with Crippen LogP contribution < -0.4 is 0 Å². The number of hydrogen-bond acceptors (Lipinski definition) is 3. The van der Waals surface area contributed by atoms with E-state index in [1.165, 1.54) is 5.56 Å². The zero-order chi connectivity index (χ0) is 14.9. The van der Waals surface area contributed by atoms with Crippen LogP contribution in [0.15, 0.2) is 18.2 Å². The molecule has 0 saturated heterocycles. The summed E-state index contributed by atoms with van der Waals surface area (Å²) in [5.41, 5.74) is 2.56. The summed E-state index contributed by atoms with van der Waals surface area (Å²) in [6.45, 7) is 5.59. The van der Waals surface area contributed by atoms with E-state index in [0.717, 1.165) is 18.4 Å². The summed E-state index contributed by atoms with van der Waals surface area (Å²) in [5, 5.41) is 8.93. The zero-order valence-corrected chi connectivity index (χ0v) is 12.4. The van der Waals surface area contributed by atoms with Crippen molar-refractivity contribution in [3.63, 3.8) is 0 Å². The van der Waals surface area contributed by atoms with Crippen molar-refractivity contribution in [1.29, 1.82) is 5.26 Å². The predicted octanol–water partition coefficient (Wildman–Crippen LogP) is 2.89. The molecule has 4 nitrogen and oxygen atoms in total. The molecule has 0 aromatic heterocycles. The van der Waals surface area contributed by atoms with Gasteiger partial charge in [0.1, 0.15) is 5.60 Å². The second-order valence-corrected chi connectivity index (χ2v) is 6.25. The topological polar surface area (TPSA) is 53.3 Å². The minimum absolute atomic E-state index is 0.105. The van der Waals surface area contributed by atoms with E-state index < -0.39 is 5.60 Å². The molecule has 1 atom stereocenters. The fourth-order valence-electron chi connectivity index (χ4n) is 2.42. The van der Waals surface area contributed by atoms with Gasteiger partial charge in [-0.05, 0) is 56.9 Å². The molecule has 1 aliphatic rings. The second-order valence-electron chi connectivity index (χ2n) is 6.25. The van der Waals surface area contributed by atoms with Gasteiger partial charge in [-0.3, -0.25) is 0 Å². The number of carbonyl (C=O) groups is 1. The smallest absolute Gasteiger partial charge is 0.410 e. The van der Waals surface area contributed by atoms with Crippen molar-refractivity contribution < 1.29 is 9.53 Å². The van der Waals surface area contributed by atoms with E-state index >= 15 is 0 Å². The van der Waals surface area contributed by atoms with Crippen LogP contribution in [0.5, 0.6) is 0 Å². The van der Waals surface area contributed by atoms with Crippen molar-refractivity contribution in [1.82, 2.24) is 4.90 Å². The Morgan fingerprint density at radius 3 is 2.60 bits per heavy atom. The lowest BCUT2D eigenvalue weighted by molar-refractivity contribution is 0.0229. The molecule has 4 heteroatoms. The number of ether oxygens (including phenoxy) is 1. The fourth-order valence-corrected chi connectivity index (χ4v) is 2.42. The molecule has 0 N–H and O–H groups in total.